The van der Waals surface area contributed by atoms with Gasteiger partial charge in [0.15, 0.2) is 10.4 Å². The van der Waals surface area contributed by atoms with Crippen LogP contribution in [-0.2, 0) is 9.59 Å². The van der Waals surface area contributed by atoms with E-state index in [1.54, 1.807) is 11.0 Å². The largest absolute Gasteiger partial charge is 0.481 e. The molecule has 0 aromatic carbocycles. The molecular weight excluding hydrogens is 368 g/mol. The topological polar surface area (TPSA) is 91.1 Å². The van der Waals surface area contributed by atoms with Crippen LogP contribution in [0, 0.1) is 11.8 Å². The first-order valence-corrected chi connectivity index (χ1v) is 8.10. The number of furan rings is 1. The zero-order chi connectivity index (χ0) is 17.1. The second kappa shape index (κ2) is 7.16. The first kappa shape index (κ1) is 17.5. The van der Waals surface area contributed by atoms with E-state index in [1.165, 1.54) is 18.0 Å². The summed E-state index contributed by atoms with van der Waals surface area (Å²) >= 11 is 3.13. The minimum Gasteiger partial charge on any atom is -0.481 e. The molecule has 8 heteroatoms. The average Bonchev–Trinajstić information content (AvgIpc) is 2.92. The maximum Gasteiger partial charge on any atom is 0.306 e. The first-order chi connectivity index (χ1) is 10.8. The Balaban J connectivity index is 1.92. The van der Waals surface area contributed by atoms with Crippen LogP contribution in [0.2, 0.25) is 0 Å². The van der Waals surface area contributed by atoms with Crippen molar-refractivity contribution < 1.29 is 23.9 Å². The van der Waals surface area contributed by atoms with Gasteiger partial charge in [-0.25, -0.2) is 0 Å². The van der Waals surface area contributed by atoms with Gasteiger partial charge in [0.05, 0.1) is 12.5 Å². The Morgan fingerprint density at radius 3 is 2.65 bits per heavy atom. The second-order valence-corrected chi connectivity index (χ2v) is 6.60. The van der Waals surface area contributed by atoms with Crippen LogP contribution in [-0.4, -0.2) is 59.4 Å². The zero-order valence-corrected chi connectivity index (χ0v) is 14.6. The summed E-state index contributed by atoms with van der Waals surface area (Å²) in [6.45, 7) is 2.55. The summed E-state index contributed by atoms with van der Waals surface area (Å²) in [6.07, 6.45) is 0.436. The molecule has 23 heavy (non-hydrogen) atoms. The lowest BCUT2D eigenvalue weighted by Gasteiger charge is -2.35. The molecule has 1 aromatic rings. The molecule has 2 amide bonds. The monoisotopic (exact) mass is 386 g/mol. The Bertz CT molecular complexity index is 615. The molecule has 1 aliphatic rings. The fraction of sp³-hybridized carbons (Fsp3) is 0.533. The van der Waals surface area contributed by atoms with Gasteiger partial charge in [0.1, 0.15) is 0 Å². The molecule has 1 aliphatic heterocycles. The average molecular weight is 387 g/mol. The number of hydrogen-bond donors (Lipinski definition) is 1. The second-order valence-electron chi connectivity index (χ2n) is 5.82. The molecule has 2 heterocycles. The number of likely N-dealkylation sites (tertiary alicyclic amines) is 1. The van der Waals surface area contributed by atoms with Crippen molar-refractivity contribution in [3.63, 3.8) is 0 Å². The van der Waals surface area contributed by atoms with Crippen LogP contribution in [0.25, 0.3) is 0 Å². The van der Waals surface area contributed by atoms with Crippen LogP contribution in [0.5, 0.6) is 0 Å². The van der Waals surface area contributed by atoms with Crippen molar-refractivity contribution >= 4 is 33.7 Å². The van der Waals surface area contributed by atoms with E-state index < -0.39 is 11.9 Å². The van der Waals surface area contributed by atoms with E-state index in [1.807, 2.05) is 6.92 Å². The van der Waals surface area contributed by atoms with Crippen LogP contribution < -0.4 is 0 Å². The van der Waals surface area contributed by atoms with Gasteiger partial charge in [-0.15, -0.1) is 0 Å². The number of nitrogens with zero attached hydrogens (tertiary/aromatic N) is 2. The third-order valence-electron chi connectivity index (χ3n) is 4.08. The van der Waals surface area contributed by atoms with Crippen LogP contribution in [0.3, 0.4) is 0 Å². The molecule has 0 aliphatic carbocycles. The van der Waals surface area contributed by atoms with E-state index in [0.29, 0.717) is 24.2 Å². The van der Waals surface area contributed by atoms with E-state index >= 15 is 0 Å². The Kier molecular flexibility index (Phi) is 5.46. The molecule has 1 saturated heterocycles. The normalized spacial score (nSPS) is 21.1. The molecule has 0 spiro atoms. The fourth-order valence-electron chi connectivity index (χ4n) is 2.73. The number of halogens is 1. The van der Waals surface area contributed by atoms with Gasteiger partial charge in [-0.05, 0) is 40.4 Å². The molecular formula is C15H19BrN2O5. The lowest BCUT2D eigenvalue weighted by Crippen LogP contribution is -2.48. The van der Waals surface area contributed by atoms with Crippen LogP contribution in [0.15, 0.2) is 21.2 Å². The number of amides is 2. The maximum absolute atomic E-state index is 12.3. The van der Waals surface area contributed by atoms with Crippen molar-refractivity contribution in [3.05, 3.63) is 22.6 Å². The highest BCUT2D eigenvalue weighted by Crippen LogP contribution is 2.23. The van der Waals surface area contributed by atoms with Gasteiger partial charge in [-0.1, -0.05) is 6.92 Å². The summed E-state index contributed by atoms with van der Waals surface area (Å²) < 4.78 is 5.64. The van der Waals surface area contributed by atoms with Crippen molar-refractivity contribution in [1.29, 1.82) is 0 Å². The number of carboxylic acids is 1. The minimum atomic E-state index is -0.819. The highest BCUT2D eigenvalue weighted by Gasteiger charge is 2.33. The Labute approximate surface area is 142 Å². The van der Waals surface area contributed by atoms with Gasteiger partial charge in [0, 0.05) is 20.1 Å². The number of likely N-dealkylation sites (N-methyl/N-ethyl adjacent to an activating group) is 1. The molecule has 7 nitrogen and oxygen atoms in total. The summed E-state index contributed by atoms with van der Waals surface area (Å²) in [5.41, 5.74) is 0. The van der Waals surface area contributed by atoms with Gasteiger partial charge in [-0.3, -0.25) is 14.4 Å². The summed E-state index contributed by atoms with van der Waals surface area (Å²) in [6, 6.07) is 3.15. The van der Waals surface area contributed by atoms with Crippen LogP contribution in [0.4, 0.5) is 0 Å². The van der Waals surface area contributed by atoms with E-state index in [4.69, 9.17) is 9.52 Å². The summed E-state index contributed by atoms with van der Waals surface area (Å²) in [5, 5.41) is 9.11. The number of rotatable bonds is 4. The molecule has 0 saturated carbocycles. The number of carbonyl (C=O) groups excluding carboxylic acids is 2. The molecule has 0 bridgehead atoms. The molecule has 1 N–H and O–H groups in total. The van der Waals surface area contributed by atoms with Gasteiger partial charge in [0.2, 0.25) is 5.91 Å². The van der Waals surface area contributed by atoms with E-state index in [2.05, 4.69) is 15.9 Å². The predicted molar refractivity (Wildman–Crippen MR) is 84.9 cm³/mol. The number of aliphatic carboxylic acids is 1. The van der Waals surface area contributed by atoms with Crippen LogP contribution in [0.1, 0.15) is 23.9 Å². The maximum atomic E-state index is 12.3. The van der Waals surface area contributed by atoms with Crippen molar-refractivity contribution in [3.8, 4) is 0 Å². The van der Waals surface area contributed by atoms with E-state index in [9.17, 15) is 14.4 Å². The van der Waals surface area contributed by atoms with Crippen molar-refractivity contribution in [1.82, 2.24) is 9.80 Å². The minimum absolute atomic E-state index is 0.0678. The predicted octanol–water partition coefficient (Wildman–Crippen LogP) is 1.68. The Hall–Kier alpha value is -1.83. The zero-order valence-electron chi connectivity index (χ0n) is 13.0. The van der Waals surface area contributed by atoms with E-state index in [0.717, 1.165) is 0 Å². The molecule has 2 unspecified atom stereocenters. The molecule has 1 aromatic heterocycles. The van der Waals surface area contributed by atoms with Gasteiger partial charge in [-0.2, -0.15) is 0 Å². The van der Waals surface area contributed by atoms with Gasteiger partial charge in [0.25, 0.3) is 5.91 Å². The third-order valence-corrected chi connectivity index (χ3v) is 4.50. The first-order valence-electron chi connectivity index (χ1n) is 7.31. The van der Waals surface area contributed by atoms with Gasteiger partial charge >= 0.3 is 5.97 Å². The highest BCUT2D eigenvalue weighted by atomic mass is 79.9. The molecule has 2 rings (SSSR count). The van der Waals surface area contributed by atoms with E-state index in [-0.39, 0.29) is 30.0 Å². The smallest absolute Gasteiger partial charge is 0.306 e. The van der Waals surface area contributed by atoms with Gasteiger partial charge < -0.3 is 19.3 Å². The quantitative estimate of drug-likeness (QED) is 0.849. The highest BCUT2D eigenvalue weighted by molar-refractivity contribution is 9.10. The Morgan fingerprint density at radius 2 is 2.13 bits per heavy atom. The fourth-order valence-corrected chi connectivity index (χ4v) is 3.04. The number of carbonyl (C=O) groups is 3. The van der Waals surface area contributed by atoms with Crippen molar-refractivity contribution in [2.75, 3.05) is 26.7 Å². The standard InChI is InChI=1S/C15H19BrN2O5/c1-9-7-18(6-5-10(9)15(21)22)13(19)8-17(2)14(20)11-3-4-12(16)23-11/h3-4,9-10H,5-8H2,1-2H3,(H,21,22). The SMILES string of the molecule is CC1CN(C(=O)CN(C)C(=O)c2ccc(Br)o2)CCC1C(=O)O. The number of piperidine rings is 1. The number of hydrogen-bond acceptors (Lipinski definition) is 4. The van der Waals surface area contributed by atoms with Crippen LogP contribution >= 0.6 is 15.9 Å². The molecule has 2 atom stereocenters. The van der Waals surface area contributed by atoms with Crippen molar-refractivity contribution in [2.24, 2.45) is 11.8 Å². The Morgan fingerprint density at radius 1 is 1.43 bits per heavy atom. The van der Waals surface area contributed by atoms with Crippen molar-refractivity contribution in [2.45, 2.75) is 13.3 Å². The lowest BCUT2D eigenvalue weighted by atomic mass is 9.87. The third kappa shape index (κ3) is 4.13. The molecule has 0 radical (unpaired) electrons. The lowest BCUT2D eigenvalue weighted by molar-refractivity contribution is -0.148. The summed E-state index contributed by atoms with van der Waals surface area (Å²) in [7, 11) is 1.53. The summed E-state index contributed by atoms with van der Waals surface area (Å²) in [4.78, 5) is 38.5. The summed E-state index contributed by atoms with van der Waals surface area (Å²) in [5.74, 6) is -1.75. The molecule has 126 valence electrons. The molecule has 1 fully saturated rings. The number of carboxylic acid groups (broad SMARTS) is 1.